The van der Waals surface area contributed by atoms with Crippen molar-refractivity contribution in [3.8, 4) is 0 Å². The maximum absolute atomic E-state index is 12.8. The van der Waals surface area contributed by atoms with Crippen LogP contribution in [-0.2, 0) is 14.8 Å². The van der Waals surface area contributed by atoms with Crippen LogP contribution in [0, 0.1) is 0 Å². The number of aromatic nitrogens is 1. The summed E-state index contributed by atoms with van der Waals surface area (Å²) < 4.78 is 27.0. The van der Waals surface area contributed by atoms with E-state index >= 15 is 0 Å². The lowest BCUT2D eigenvalue weighted by molar-refractivity contribution is -0.118. The summed E-state index contributed by atoms with van der Waals surface area (Å²) in [7, 11) is -1.85. The van der Waals surface area contributed by atoms with Crippen molar-refractivity contribution in [2.24, 2.45) is 0 Å². The minimum absolute atomic E-state index is 0.00281. The van der Waals surface area contributed by atoms with E-state index in [1.54, 1.807) is 19.2 Å². The first-order valence-electron chi connectivity index (χ1n) is 8.83. The third-order valence-electron chi connectivity index (χ3n) is 4.77. The van der Waals surface area contributed by atoms with Crippen molar-refractivity contribution < 1.29 is 13.2 Å². The first kappa shape index (κ1) is 18.7. The molecule has 6 nitrogen and oxygen atoms in total. The summed E-state index contributed by atoms with van der Waals surface area (Å²) in [5.41, 5.74) is 0. The second-order valence-corrected chi connectivity index (χ2v) is 9.77. The lowest BCUT2D eigenvalue weighted by Gasteiger charge is -2.30. The summed E-state index contributed by atoms with van der Waals surface area (Å²) in [6, 6.07) is 3.70. The number of nitrogens with zero attached hydrogens (tertiary/aromatic N) is 2. The quantitative estimate of drug-likeness (QED) is 0.732. The first-order chi connectivity index (χ1) is 12.0. The molecule has 0 unspecified atom stereocenters. The molecule has 3 rings (SSSR count). The van der Waals surface area contributed by atoms with Crippen molar-refractivity contribution in [1.29, 1.82) is 0 Å². The highest BCUT2D eigenvalue weighted by molar-refractivity contribution is 7.99. The largest absolute Gasteiger partial charge is 0.353 e. The molecule has 0 atom stereocenters. The summed E-state index contributed by atoms with van der Waals surface area (Å²) in [5, 5.41) is 3.58. The number of thioether (sulfide) groups is 1. The Kier molecular flexibility index (Phi) is 6.01. The number of pyridine rings is 1. The maximum atomic E-state index is 12.8. The number of carbonyl (C=O) groups is 1. The number of hydrogen-bond acceptors (Lipinski definition) is 5. The molecule has 0 aliphatic heterocycles. The molecule has 25 heavy (non-hydrogen) atoms. The van der Waals surface area contributed by atoms with Crippen molar-refractivity contribution in [2.45, 2.75) is 67.0 Å². The number of rotatable bonds is 7. The summed E-state index contributed by atoms with van der Waals surface area (Å²) in [4.78, 5) is 16.1. The highest BCUT2D eigenvalue weighted by atomic mass is 32.2. The fourth-order valence-electron chi connectivity index (χ4n) is 3.05. The van der Waals surface area contributed by atoms with Crippen LogP contribution in [0.3, 0.4) is 0 Å². The summed E-state index contributed by atoms with van der Waals surface area (Å²) >= 11 is 1.32. The van der Waals surface area contributed by atoms with Crippen LogP contribution in [0.1, 0.15) is 44.9 Å². The fraction of sp³-hybridized carbons (Fsp3) is 0.647. The Bertz CT molecular complexity index is 696. The van der Waals surface area contributed by atoms with E-state index in [9.17, 15) is 13.2 Å². The van der Waals surface area contributed by atoms with E-state index in [4.69, 9.17) is 0 Å². The van der Waals surface area contributed by atoms with Crippen molar-refractivity contribution in [3.05, 3.63) is 18.3 Å². The van der Waals surface area contributed by atoms with E-state index in [2.05, 4.69) is 10.3 Å². The van der Waals surface area contributed by atoms with Crippen LogP contribution in [0.25, 0.3) is 0 Å². The van der Waals surface area contributed by atoms with Crippen LogP contribution in [0.15, 0.2) is 28.3 Å². The summed E-state index contributed by atoms with van der Waals surface area (Å²) in [6.07, 6.45) is 8.73. The molecule has 1 aromatic rings. The van der Waals surface area contributed by atoms with Crippen molar-refractivity contribution in [2.75, 3.05) is 12.8 Å². The van der Waals surface area contributed by atoms with E-state index in [1.165, 1.54) is 28.7 Å². The van der Waals surface area contributed by atoms with Gasteiger partial charge in [0.1, 0.15) is 4.90 Å². The van der Waals surface area contributed by atoms with Crippen LogP contribution in [0.4, 0.5) is 0 Å². The van der Waals surface area contributed by atoms with Gasteiger partial charge in [-0.25, -0.2) is 13.4 Å². The van der Waals surface area contributed by atoms with Gasteiger partial charge in [0.25, 0.3) is 0 Å². The molecule has 2 saturated carbocycles. The number of nitrogens with one attached hydrogen (secondary N) is 1. The lowest BCUT2D eigenvalue weighted by atomic mass is 9.96. The minimum atomic E-state index is -3.51. The van der Waals surface area contributed by atoms with Gasteiger partial charge in [0.05, 0.1) is 10.8 Å². The summed E-state index contributed by atoms with van der Waals surface area (Å²) in [6.45, 7) is 0. The topological polar surface area (TPSA) is 79.4 Å². The third kappa shape index (κ3) is 4.95. The highest BCUT2D eigenvalue weighted by Crippen LogP contribution is 2.27. The Morgan fingerprint density at radius 3 is 2.56 bits per heavy atom. The predicted molar refractivity (Wildman–Crippen MR) is 97.9 cm³/mol. The van der Waals surface area contributed by atoms with Crippen LogP contribution < -0.4 is 5.32 Å². The molecule has 1 amide bonds. The second kappa shape index (κ2) is 8.05. The van der Waals surface area contributed by atoms with Crippen LogP contribution in [0.5, 0.6) is 0 Å². The third-order valence-corrected chi connectivity index (χ3v) is 7.61. The zero-order valence-corrected chi connectivity index (χ0v) is 16.1. The standard InChI is InChI=1S/C17H25N3O3S2/c1-20(14-5-3-2-4-6-14)25(22,23)15-9-10-17(18-11-15)24-12-16(21)19-13-7-8-13/h9-11,13-14H,2-8,12H2,1H3,(H,19,21). The lowest BCUT2D eigenvalue weighted by Crippen LogP contribution is -2.38. The molecule has 2 aliphatic carbocycles. The molecule has 2 fully saturated rings. The highest BCUT2D eigenvalue weighted by Gasteiger charge is 2.29. The van der Waals surface area contributed by atoms with Gasteiger partial charge in [-0.3, -0.25) is 4.79 Å². The monoisotopic (exact) mass is 383 g/mol. The fourth-order valence-corrected chi connectivity index (χ4v) is 5.06. The molecule has 138 valence electrons. The normalized spacial score (nSPS) is 19.1. The number of sulfonamides is 1. The van der Waals surface area contributed by atoms with E-state index in [1.807, 2.05) is 0 Å². The van der Waals surface area contributed by atoms with Gasteiger partial charge in [0, 0.05) is 25.3 Å². The van der Waals surface area contributed by atoms with Crippen molar-refractivity contribution in [1.82, 2.24) is 14.6 Å². The molecule has 0 saturated heterocycles. The Balaban J connectivity index is 1.58. The van der Waals surface area contributed by atoms with Gasteiger partial charge in [-0.1, -0.05) is 31.0 Å². The zero-order valence-electron chi connectivity index (χ0n) is 14.5. The molecular weight excluding hydrogens is 358 g/mol. The van der Waals surface area contributed by atoms with Gasteiger partial charge in [-0.05, 0) is 37.8 Å². The Morgan fingerprint density at radius 1 is 1.24 bits per heavy atom. The van der Waals surface area contributed by atoms with Crippen LogP contribution in [-0.4, -0.2) is 48.5 Å². The zero-order chi connectivity index (χ0) is 17.9. The Hall–Kier alpha value is -1.12. The molecule has 0 aromatic carbocycles. The van der Waals surface area contributed by atoms with E-state index < -0.39 is 10.0 Å². The van der Waals surface area contributed by atoms with Crippen molar-refractivity contribution >= 4 is 27.7 Å². The van der Waals surface area contributed by atoms with Gasteiger partial charge < -0.3 is 5.32 Å². The van der Waals surface area contributed by atoms with E-state index in [0.29, 0.717) is 16.8 Å². The molecule has 2 aliphatic rings. The summed E-state index contributed by atoms with van der Waals surface area (Å²) in [5.74, 6) is 0.306. The average molecular weight is 384 g/mol. The Morgan fingerprint density at radius 2 is 1.96 bits per heavy atom. The molecule has 1 heterocycles. The Labute approximate surface area is 153 Å². The van der Waals surface area contributed by atoms with Gasteiger partial charge >= 0.3 is 0 Å². The number of hydrogen-bond donors (Lipinski definition) is 1. The molecule has 0 bridgehead atoms. The smallest absolute Gasteiger partial charge is 0.244 e. The molecular formula is C17H25N3O3S2. The van der Waals surface area contributed by atoms with E-state index in [-0.39, 0.29) is 16.8 Å². The number of amides is 1. The molecule has 1 N–H and O–H groups in total. The maximum Gasteiger partial charge on any atom is 0.244 e. The number of carbonyl (C=O) groups excluding carboxylic acids is 1. The van der Waals surface area contributed by atoms with E-state index in [0.717, 1.165) is 38.5 Å². The molecule has 0 spiro atoms. The first-order valence-corrected chi connectivity index (χ1v) is 11.3. The van der Waals surface area contributed by atoms with Gasteiger partial charge in [-0.2, -0.15) is 4.31 Å². The molecule has 1 aromatic heterocycles. The second-order valence-electron chi connectivity index (χ2n) is 6.78. The predicted octanol–water partition coefficient (Wildman–Crippen LogP) is 2.41. The van der Waals surface area contributed by atoms with Crippen molar-refractivity contribution in [3.63, 3.8) is 0 Å². The van der Waals surface area contributed by atoms with Gasteiger partial charge in [0.15, 0.2) is 0 Å². The average Bonchev–Trinajstić information content (AvgIpc) is 3.44. The van der Waals surface area contributed by atoms with Gasteiger partial charge in [-0.15, -0.1) is 0 Å². The van der Waals surface area contributed by atoms with Gasteiger partial charge in [0.2, 0.25) is 15.9 Å². The van der Waals surface area contributed by atoms with Crippen LogP contribution in [0.2, 0.25) is 0 Å². The molecule has 8 heteroatoms. The molecule has 0 radical (unpaired) electrons. The minimum Gasteiger partial charge on any atom is -0.353 e. The van der Waals surface area contributed by atoms with Crippen LogP contribution >= 0.6 is 11.8 Å². The SMILES string of the molecule is CN(C1CCCCC1)S(=O)(=O)c1ccc(SCC(=O)NC2CC2)nc1.